The first-order valence-electron chi connectivity index (χ1n) is 6.97. The van der Waals surface area contributed by atoms with Crippen molar-refractivity contribution in [2.45, 2.75) is 30.3 Å². The maximum absolute atomic E-state index is 3.78. The van der Waals surface area contributed by atoms with Crippen LogP contribution in [0.4, 0.5) is 0 Å². The molecule has 3 rings (SSSR count). The largest absolute Gasteiger partial charge is 0.303 e. The third kappa shape index (κ3) is 3.11. The first-order chi connectivity index (χ1) is 9.74. The fourth-order valence-electron chi connectivity index (χ4n) is 2.66. The number of fused-ring (bicyclic) bond motifs is 1. The Labute approximate surface area is 133 Å². The number of hydrogen-bond donors (Lipinski definition) is 1. The van der Waals surface area contributed by atoms with Gasteiger partial charge in [0.15, 0.2) is 0 Å². The van der Waals surface area contributed by atoms with Gasteiger partial charge in [-0.15, -0.1) is 11.8 Å². The number of hydrogen-bond acceptors (Lipinski definition) is 2. The zero-order valence-electron chi connectivity index (χ0n) is 11.5. The van der Waals surface area contributed by atoms with Gasteiger partial charge in [0.05, 0.1) is 0 Å². The summed E-state index contributed by atoms with van der Waals surface area (Å²) in [6, 6.07) is 18.2. The zero-order chi connectivity index (χ0) is 13.9. The molecular weight excluding hydrogens is 330 g/mol. The molecule has 1 heterocycles. The lowest BCUT2D eigenvalue weighted by atomic mass is 10.0. The van der Waals surface area contributed by atoms with E-state index in [4.69, 9.17) is 0 Å². The van der Waals surface area contributed by atoms with Crippen LogP contribution in [-0.4, -0.2) is 5.75 Å². The van der Waals surface area contributed by atoms with Gasteiger partial charge in [-0.1, -0.05) is 46.3 Å². The van der Waals surface area contributed by atoms with Gasteiger partial charge in [0.1, 0.15) is 0 Å². The number of rotatable bonds is 3. The van der Waals surface area contributed by atoms with E-state index in [-0.39, 0.29) is 0 Å². The van der Waals surface area contributed by atoms with E-state index in [1.165, 1.54) is 28.2 Å². The van der Waals surface area contributed by atoms with Crippen LogP contribution in [0.1, 0.15) is 36.6 Å². The number of benzene rings is 2. The number of nitrogens with one attached hydrogen (secondary N) is 1. The van der Waals surface area contributed by atoms with Crippen molar-refractivity contribution in [3.8, 4) is 0 Å². The minimum atomic E-state index is 0.365. The molecule has 0 saturated carbocycles. The number of thioether (sulfide) groups is 1. The molecule has 0 spiro atoms. The smallest absolute Gasteiger partial charge is 0.0344 e. The molecule has 1 aliphatic heterocycles. The van der Waals surface area contributed by atoms with E-state index in [0.717, 1.165) is 4.47 Å². The minimum absolute atomic E-state index is 0.365. The predicted molar refractivity (Wildman–Crippen MR) is 90.2 cm³/mol. The van der Waals surface area contributed by atoms with Gasteiger partial charge >= 0.3 is 0 Å². The molecule has 2 aromatic rings. The van der Waals surface area contributed by atoms with Crippen molar-refractivity contribution in [3.63, 3.8) is 0 Å². The summed E-state index contributed by atoms with van der Waals surface area (Å²) in [6.45, 7) is 2.24. The fraction of sp³-hybridized carbons (Fsp3) is 0.294. The van der Waals surface area contributed by atoms with Crippen LogP contribution in [-0.2, 0) is 0 Å². The molecule has 2 aromatic carbocycles. The standard InChI is InChI=1S/C17H18BrNS/c1-12(13-6-8-14(18)9-7-13)19-16-10-11-20-17-5-3-2-4-15(16)17/h2-9,12,16,19H,10-11H2,1H3. The van der Waals surface area contributed by atoms with Crippen LogP contribution in [0.15, 0.2) is 57.9 Å². The van der Waals surface area contributed by atoms with Crippen molar-refractivity contribution in [2.24, 2.45) is 0 Å². The fourth-order valence-corrected chi connectivity index (χ4v) is 4.05. The normalized spacial score (nSPS) is 19.4. The lowest BCUT2D eigenvalue weighted by Crippen LogP contribution is -2.27. The molecule has 0 bridgehead atoms. The second-order valence-electron chi connectivity index (χ2n) is 5.17. The highest BCUT2D eigenvalue weighted by atomic mass is 79.9. The molecule has 2 atom stereocenters. The Morgan fingerprint density at radius 3 is 2.70 bits per heavy atom. The van der Waals surface area contributed by atoms with Gasteiger partial charge < -0.3 is 5.32 Å². The molecule has 0 radical (unpaired) electrons. The Morgan fingerprint density at radius 1 is 1.15 bits per heavy atom. The molecule has 1 N–H and O–H groups in total. The number of halogens is 1. The summed E-state index contributed by atoms with van der Waals surface area (Å²) in [4.78, 5) is 1.43. The molecule has 0 amide bonds. The van der Waals surface area contributed by atoms with Gasteiger partial charge in [-0.3, -0.25) is 0 Å². The molecule has 0 saturated heterocycles. The van der Waals surface area contributed by atoms with Gasteiger partial charge in [0.2, 0.25) is 0 Å². The lowest BCUT2D eigenvalue weighted by Gasteiger charge is -2.29. The van der Waals surface area contributed by atoms with Crippen LogP contribution in [0.25, 0.3) is 0 Å². The van der Waals surface area contributed by atoms with E-state index in [1.54, 1.807) is 0 Å². The SMILES string of the molecule is CC(NC1CCSc2ccccc21)c1ccc(Br)cc1. The van der Waals surface area contributed by atoms with E-state index < -0.39 is 0 Å². The third-order valence-corrected chi connectivity index (χ3v) is 5.43. The summed E-state index contributed by atoms with van der Waals surface area (Å²) < 4.78 is 1.13. The first kappa shape index (κ1) is 14.2. The van der Waals surface area contributed by atoms with E-state index in [9.17, 15) is 0 Å². The molecule has 3 heteroatoms. The summed E-state index contributed by atoms with van der Waals surface area (Å²) in [7, 11) is 0. The van der Waals surface area contributed by atoms with Crippen molar-refractivity contribution in [1.82, 2.24) is 5.32 Å². The van der Waals surface area contributed by atoms with Crippen LogP contribution in [0.2, 0.25) is 0 Å². The highest BCUT2D eigenvalue weighted by Crippen LogP contribution is 2.37. The lowest BCUT2D eigenvalue weighted by molar-refractivity contribution is 0.450. The average Bonchev–Trinajstić information content (AvgIpc) is 2.48. The van der Waals surface area contributed by atoms with Crippen molar-refractivity contribution in [2.75, 3.05) is 5.75 Å². The van der Waals surface area contributed by atoms with Crippen LogP contribution < -0.4 is 5.32 Å². The van der Waals surface area contributed by atoms with E-state index in [1.807, 2.05) is 11.8 Å². The molecule has 2 unspecified atom stereocenters. The minimum Gasteiger partial charge on any atom is -0.303 e. The van der Waals surface area contributed by atoms with E-state index in [2.05, 4.69) is 76.7 Å². The molecule has 1 nitrogen and oxygen atoms in total. The van der Waals surface area contributed by atoms with Crippen LogP contribution >= 0.6 is 27.7 Å². The third-order valence-electron chi connectivity index (χ3n) is 3.78. The van der Waals surface area contributed by atoms with Crippen LogP contribution in [0, 0.1) is 0 Å². The molecule has 0 aromatic heterocycles. The molecular formula is C17H18BrNS. The summed E-state index contributed by atoms with van der Waals surface area (Å²) in [5.74, 6) is 1.20. The van der Waals surface area contributed by atoms with Crippen molar-refractivity contribution >= 4 is 27.7 Å². The Bertz CT molecular complexity index is 582. The maximum atomic E-state index is 3.78. The van der Waals surface area contributed by atoms with Crippen molar-refractivity contribution in [1.29, 1.82) is 0 Å². The second kappa shape index (κ2) is 6.33. The maximum Gasteiger partial charge on any atom is 0.0344 e. The van der Waals surface area contributed by atoms with Crippen LogP contribution in [0.5, 0.6) is 0 Å². The summed E-state index contributed by atoms with van der Waals surface area (Å²) >= 11 is 5.46. The van der Waals surface area contributed by atoms with Gasteiger partial charge in [-0.2, -0.15) is 0 Å². The van der Waals surface area contributed by atoms with Gasteiger partial charge in [0, 0.05) is 21.5 Å². The average molecular weight is 348 g/mol. The first-order valence-corrected chi connectivity index (χ1v) is 8.75. The molecule has 104 valence electrons. The summed E-state index contributed by atoms with van der Waals surface area (Å²) in [5, 5.41) is 3.78. The Kier molecular flexibility index (Phi) is 4.49. The second-order valence-corrected chi connectivity index (χ2v) is 7.22. The van der Waals surface area contributed by atoms with Gasteiger partial charge in [-0.25, -0.2) is 0 Å². The molecule has 1 aliphatic rings. The molecule has 0 aliphatic carbocycles. The van der Waals surface area contributed by atoms with Crippen molar-refractivity contribution < 1.29 is 0 Å². The van der Waals surface area contributed by atoms with Crippen molar-refractivity contribution in [3.05, 3.63) is 64.1 Å². The summed E-state index contributed by atoms with van der Waals surface area (Å²) in [6.07, 6.45) is 1.20. The van der Waals surface area contributed by atoms with Gasteiger partial charge in [-0.05, 0) is 48.4 Å². The Morgan fingerprint density at radius 2 is 1.90 bits per heavy atom. The molecule has 0 fully saturated rings. The van der Waals surface area contributed by atoms with Gasteiger partial charge in [0.25, 0.3) is 0 Å². The zero-order valence-corrected chi connectivity index (χ0v) is 13.9. The monoisotopic (exact) mass is 347 g/mol. The topological polar surface area (TPSA) is 12.0 Å². The Hall–Kier alpha value is -0.770. The Balaban J connectivity index is 1.77. The highest BCUT2D eigenvalue weighted by molar-refractivity contribution is 9.10. The highest BCUT2D eigenvalue weighted by Gasteiger charge is 2.21. The quantitative estimate of drug-likeness (QED) is 0.804. The summed E-state index contributed by atoms with van der Waals surface area (Å²) in [5.41, 5.74) is 2.79. The molecule has 20 heavy (non-hydrogen) atoms. The predicted octanol–water partition coefficient (Wildman–Crippen LogP) is 5.34. The van der Waals surface area contributed by atoms with Crippen LogP contribution in [0.3, 0.4) is 0 Å². The van der Waals surface area contributed by atoms with E-state index in [0.29, 0.717) is 12.1 Å². The van der Waals surface area contributed by atoms with E-state index >= 15 is 0 Å².